The molecule has 1 aliphatic carbocycles. The number of unbranched alkanes of at least 4 members (excludes halogenated alkanes) is 1. The minimum Gasteiger partial charge on any atom is -0.476 e. The third-order valence-corrected chi connectivity index (χ3v) is 5.86. The van der Waals surface area contributed by atoms with Crippen molar-refractivity contribution in [2.24, 2.45) is 0 Å². The van der Waals surface area contributed by atoms with Crippen molar-refractivity contribution >= 4 is 18.0 Å². The Bertz CT molecular complexity index is 1160. The second-order valence-corrected chi connectivity index (χ2v) is 8.23. The Morgan fingerprint density at radius 3 is 2.29 bits per heavy atom. The normalized spacial score (nSPS) is 12.0. The third-order valence-electron chi connectivity index (χ3n) is 5.86. The molecule has 3 aromatic rings. The Balaban J connectivity index is 1.10. The van der Waals surface area contributed by atoms with Crippen molar-refractivity contribution in [3.63, 3.8) is 0 Å². The second-order valence-electron chi connectivity index (χ2n) is 8.23. The van der Waals surface area contributed by atoms with E-state index in [0.29, 0.717) is 38.9 Å². The van der Waals surface area contributed by atoms with Gasteiger partial charge in [0.15, 0.2) is 5.69 Å². The summed E-state index contributed by atoms with van der Waals surface area (Å²) in [6.07, 6.45) is 2.42. The van der Waals surface area contributed by atoms with Crippen molar-refractivity contribution < 1.29 is 24.2 Å². The van der Waals surface area contributed by atoms with E-state index >= 15 is 0 Å². The van der Waals surface area contributed by atoms with Gasteiger partial charge in [-0.2, -0.15) is 0 Å². The minimum absolute atomic E-state index is 0.0186. The summed E-state index contributed by atoms with van der Waals surface area (Å²) in [7, 11) is 0. The van der Waals surface area contributed by atoms with Gasteiger partial charge in [-0.3, -0.25) is 4.79 Å². The topological polar surface area (TPSA) is 135 Å². The lowest BCUT2D eigenvalue weighted by atomic mass is 9.98. The highest BCUT2D eigenvalue weighted by Crippen LogP contribution is 2.44. The number of carboxylic acids is 1. The number of hydrogen-bond donors (Lipinski definition) is 3. The molecule has 1 heterocycles. The maximum Gasteiger partial charge on any atom is 0.407 e. The number of aromatic carboxylic acids is 1. The molecule has 0 saturated heterocycles. The molecule has 35 heavy (non-hydrogen) atoms. The number of rotatable bonds is 11. The van der Waals surface area contributed by atoms with Crippen LogP contribution in [0.1, 0.15) is 46.8 Å². The molecule has 0 atom stereocenters. The van der Waals surface area contributed by atoms with Gasteiger partial charge in [-0.15, -0.1) is 5.10 Å². The van der Waals surface area contributed by atoms with E-state index in [1.807, 2.05) is 24.3 Å². The predicted octanol–water partition coefficient (Wildman–Crippen LogP) is 2.80. The van der Waals surface area contributed by atoms with E-state index in [1.54, 1.807) is 0 Å². The number of carboxylic acid groups (broad SMARTS) is 1. The molecule has 10 heteroatoms. The van der Waals surface area contributed by atoms with Gasteiger partial charge in [0, 0.05) is 25.4 Å². The van der Waals surface area contributed by atoms with Gasteiger partial charge in [0.25, 0.3) is 0 Å². The summed E-state index contributed by atoms with van der Waals surface area (Å²) in [5.74, 6) is -1.25. The summed E-state index contributed by atoms with van der Waals surface area (Å²) in [6.45, 7) is 1.33. The summed E-state index contributed by atoms with van der Waals surface area (Å²) >= 11 is 0. The quantitative estimate of drug-likeness (QED) is 0.361. The lowest BCUT2D eigenvalue weighted by Crippen LogP contribution is -2.28. The Hall–Kier alpha value is -4.21. The van der Waals surface area contributed by atoms with Crippen molar-refractivity contribution in [1.82, 2.24) is 25.6 Å². The molecule has 2 amide bonds. The Morgan fingerprint density at radius 2 is 1.63 bits per heavy atom. The fraction of sp³-hybridized carbons (Fsp3) is 0.320. The van der Waals surface area contributed by atoms with Crippen LogP contribution in [0.15, 0.2) is 54.7 Å². The van der Waals surface area contributed by atoms with Crippen LogP contribution in [-0.2, 0) is 16.1 Å². The highest BCUT2D eigenvalue weighted by atomic mass is 16.5. The monoisotopic (exact) mass is 477 g/mol. The summed E-state index contributed by atoms with van der Waals surface area (Å²) in [5.41, 5.74) is 4.56. The van der Waals surface area contributed by atoms with Crippen molar-refractivity contribution in [1.29, 1.82) is 0 Å². The van der Waals surface area contributed by atoms with Gasteiger partial charge < -0.3 is 20.5 Å². The van der Waals surface area contributed by atoms with Crippen LogP contribution in [0.25, 0.3) is 11.1 Å². The molecule has 2 aromatic carbocycles. The molecule has 182 valence electrons. The van der Waals surface area contributed by atoms with Crippen LogP contribution in [0, 0.1) is 0 Å². The lowest BCUT2D eigenvalue weighted by Gasteiger charge is -2.14. The fourth-order valence-electron chi connectivity index (χ4n) is 4.15. The summed E-state index contributed by atoms with van der Waals surface area (Å²) in [4.78, 5) is 34.9. The number of fused-ring (bicyclic) bond motifs is 3. The molecular weight excluding hydrogens is 450 g/mol. The van der Waals surface area contributed by atoms with E-state index in [4.69, 9.17) is 9.84 Å². The largest absolute Gasteiger partial charge is 0.476 e. The maximum atomic E-state index is 12.2. The van der Waals surface area contributed by atoms with Crippen molar-refractivity contribution in [2.45, 2.75) is 31.7 Å². The molecule has 0 radical (unpaired) electrons. The first-order chi connectivity index (χ1) is 17.0. The molecule has 0 saturated carbocycles. The first kappa shape index (κ1) is 23.9. The van der Waals surface area contributed by atoms with E-state index < -0.39 is 12.1 Å². The van der Waals surface area contributed by atoms with E-state index in [0.717, 1.165) is 0 Å². The molecule has 10 nitrogen and oxygen atoms in total. The molecule has 0 fully saturated rings. The van der Waals surface area contributed by atoms with Crippen LogP contribution in [0.4, 0.5) is 4.79 Å². The zero-order valence-electron chi connectivity index (χ0n) is 19.1. The zero-order valence-corrected chi connectivity index (χ0v) is 19.1. The van der Waals surface area contributed by atoms with E-state index in [2.05, 4.69) is 45.2 Å². The van der Waals surface area contributed by atoms with Crippen LogP contribution < -0.4 is 10.6 Å². The second kappa shape index (κ2) is 11.3. The first-order valence-corrected chi connectivity index (χ1v) is 11.5. The third kappa shape index (κ3) is 6.03. The minimum atomic E-state index is -1.15. The molecule has 0 spiro atoms. The summed E-state index contributed by atoms with van der Waals surface area (Å²) in [6, 6.07) is 16.4. The van der Waals surface area contributed by atoms with Crippen molar-refractivity contribution in [3.05, 3.63) is 71.5 Å². The lowest BCUT2D eigenvalue weighted by molar-refractivity contribution is -0.121. The Kier molecular flexibility index (Phi) is 7.71. The number of benzene rings is 2. The van der Waals surface area contributed by atoms with Crippen LogP contribution in [-0.4, -0.2) is 57.8 Å². The fourth-order valence-corrected chi connectivity index (χ4v) is 4.15. The van der Waals surface area contributed by atoms with E-state index in [-0.39, 0.29) is 24.1 Å². The van der Waals surface area contributed by atoms with Crippen molar-refractivity contribution in [2.75, 3.05) is 19.7 Å². The number of carbonyl (C=O) groups excluding carboxylic acids is 2. The SMILES string of the molecule is O=C(CCCCNC(=O)OCC1c2ccccc2-c2ccccc21)NCCn1cc(C(=O)O)nn1. The summed E-state index contributed by atoms with van der Waals surface area (Å²) < 4.78 is 6.86. The van der Waals surface area contributed by atoms with Gasteiger partial charge in [-0.05, 0) is 35.1 Å². The highest BCUT2D eigenvalue weighted by Gasteiger charge is 2.28. The molecule has 0 aliphatic heterocycles. The Morgan fingerprint density at radius 1 is 0.943 bits per heavy atom. The molecular formula is C25H27N5O5. The number of nitrogens with zero attached hydrogens (tertiary/aromatic N) is 3. The standard InChI is InChI=1S/C25H27N5O5/c31-23(26-13-14-30-15-22(24(32)33)28-29-30)11-5-6-12-27-25(34)35-16-21-19-9-3-1-7-17(19)18-8-2-4-10-20(18)21/h1-4,7-10,15,21H,5-6,11-14,16H2,(H,26,31)(H,27,34)(H,32,33). The molecule has 0 bridgehead atoms. The number of aromatic nitrogens is 3. The van der Waals surface area contributed by atoms with Crippen LogP contribution >= 0.6 is 0 Å². The molecule has 4 rings (SSSR count). The predicted molar refractivity (Wildman–Crippen MR) is 127 cm³/mol. The van der Waals surface area contributed by atoms with Crippen LogP contribution in [0.2, 0.25) is 0 Å². The van der Waals surface area contributed by atoms with E-state index in [1.165, 1.54) is 33.1 Å². The highest BCUT2D eigenvalue weighted by molar-refractivity contribution is 5.84. The maximum absolute atomic E-state index is 12.2. The van der Waals surface area contributed by atoms with Gasteiger partial charge in [0.2, 0.25) is 5.91 Å². The number of carbonyl (C=O) groups is 3. The molecule has 3 N–H and O–H groups in total. The number of amides is 2. The van der Waals surface area contributed by atoms with Crippen molar-refractivity contribution in [3.8, 4) is 11.1 Å². The van der Waals surface area contributed by atoms with Gasteiger partial charge in [0.05, 0.1) is 12.7 Å². The van der Waals surface area contributed by atoms with Gasteiger partial charge in [0.1, 0.15) is 6.61 Å². The first-order valence-electron chi connectivity index (χ1n) is 11.5. The number of alkyl carbamates (subject to hydrolysis) is 1. The molecule has 0 unspecified atom stereocenters. The van der Waals surface area contributed by atoms with Gasteiger partial charge in [-0.25, -0.2) is 14.3 Å². The van der Waals surface area contributed by atoms with E-state index in [9.17, 15) is 14.4 Å². The summed E-state index contributed by atoms with van der Waals surface area (Å²) in [5, 5.41) is 21.5. The smallest absolute Gasteiger partial charge is 0.407 e. The molecule has 1 aliphatic rings. The van der Waals surface area contributed by atoms with Crippen LogP contribution in [0.3, 0.4) is 0 Å². The van der Waals surface area contributed by atoms with Gasteiger partial charge >= 0.3 is 12.1 Å². The molecule has 1 aromatic heterocycles. The zero-order chi connectivity index (χ0) is 24.6. The van der Waals surface area contributed by atoms with Gasteiger partial charge in [-0.1, -0.05) is 53.7 Å². The average Bonchev–Trinajstić information content (AvgIpc) is 3.46. The number of nitrogens with one attached hydrogen (secondary N) is 2. The Labute approximate surface area is 202 Å². The number of ether oxygens (including phenoxy) is 1. The number of hydrogen-bond acceptors (Lipinski definition) is 6. The average molecular weight is 478 g/mol. The van der Waals surface area contributed by atoms with Crippen LogP contribution in [0.5, 0.6) is 0 Å².